The molecule has 1 heterocycles. The summed E-state index contributed by atoms with van der Waals surface area (Å²) in [6.45, 7) is -0.555. The lowest BCUT2D eigenvalue weighted by Gasteiger charge is -2.12. The van der Waals surface area contributed by atoms with Crippen LogP contribution in [0.25, 0.3) is 6.08 Å². The molecular weight excluding hydrogens is 499 g/mol. The van der Waals surface area contributed by atoms with E-state index in [1.165, 1.54) is 49.6 Å². The molecule has 4 rings (SSSR count). The predicted molar refractivity (Wildman–Crippen MR) is 134 cm³/mol. The number of nitrogens with one attached hydrogen (secondary N) is 2. The lowest BCUT2D eigenvalue weighted by Crippen LogP contribution is -2.38. The van der Waals surface area contributed by atoms with Crippen molar-refractivity contribution >= 4 is 35.3 Å². The van der Waals surface area contributed by atoms with Crippen molar-refractivity contribution in [2.75, 3.05) is 19.0 Å². The number of carbonyl (C=O) groups excluding carboxylic acids is 3. The molecule has 3 aromatic carbocycles. The molecule has 1 aliphatic rings. The molecule has 1 fully saturated rings. The van der Waals surface area contributed by atoms with Crippen molar-refractivity contribution in [1.82, 2.24) is 10.2 Å². The molecule has 0 aromatic heterocycles. The van der Waals surface area contributed by atoms with E-state index in [1.54, 1.807) is 30.3 Å². The van der Waals surface area contributed by atoms with E-state index in [0.29, 0.717) is 27.5 Å². The topological polar surface area (TPSA) is 140 Å². The number of halogens is 1. The van der Waals surface area contributed by atoms with Crippen LogP contribution in [-0.4, -0.2) is 41.3 Å². The van der Waals surface area contributed by atoms with Crippen molar-refractivity contribution in [2.24, 2.45) is 0 Å². The Balaban J connectivity index is 1.43. The molecule has 0 radical (unpaired) electrons. The van der Waals surface area contributed by atoms with Gasteiger partial charge in [0.05, 0.1) is 17.7 Å². The maximum Gasteiger partial charge on any atom is 0.329 e. The molecule has 0 aliphatic carbocycles. The minimum absolute atomic E-state index is 0.0525. The van der Waals surface area contributed by atoms with Gasteiger partial charge in [-0.3, -0.25) is 19.7 Å². The number of methoxy groups -OCH3 is 1. The molecule has 0 saturated carbocycles. The molecule has 11 nitrogen and oxygen atoms in total. The molecule has 0 atom stereocenters. The van der Waals surface area contributed by atoms with Crippen LogP contribution in [0.1, 0.15) is 11.1 Å². The zero-order valence-corrected chi connectivity index (χ0v) is 20.0. The van der Waals surface area contributed by atoms with Gasteiger partial charge in [0, 0.05) is 12.1 Å². The fourth-order valence-electron chi connectivity index (χ4n) is 3.59. The third kappa shape index (κ3) is 5.93. The summed E-state index contributed by atoms with van der Waals surface area (Å²) >= 11 is 0. The number of ether oxygens (including phenoxy) is 2. The van der Waals surface area contributed by atoms with E-state index in [1.807, 2.05) is 0 Å². The fourth-order valence-corrected chi connectivity index (χ4v) is 3.59. The average Bonchev–Trinajstić information content (AvgIpc) is 3.16. The SMILES string of the molecule is COc1cc(/C=C2/NC(=O)N(CC(=O)Nc3ccccc3F)C2=O)ccc1OCc1cccc([N+](=O)[O-])c1. The molecular formula is C26H21FN4O7. The number of imide groups is 1. The summed E-state index contributed by atoms with van der Waals surface area (Å²) in [4.78, 5) is 48.5. The van der Waals surface area contributed by atoms with Crippen molar-refractivity contribution in [1.29, 1.82) is 0 Å². The summed E-state index contributed by atoms with van der Waals surface area (Å²) in [6.07, 6.45) is 1.40. The number of nitro benzene ring substituents is 1. The molecule has 38 heavy (non-hydrogen) atoms. The van der Waals surface area contributed by atoms with Gasteiger partial charge in [0.15, 0.2) is 11.5 Å². The predicted octanol–water partition coefficient (Wildman–Crippen LogP) is 3.85. The molecule has 1 saturated heterocycles. The first-order valence-corrected chi connectivity index (χ1v) is 11.2. The van der Waals surface area contributed by atoms with E-state index < -0.39 is 35.1 Å². The van der Waals surface area contributed by atoms with Crippen LogP contribution in [0.15, 0.2) is 72.4 Å². The van der Waals surface area contributed by atoms with Crippen molar-refractivity contribution in [3.05, 3.63) is 99.5 Å². The summed E-state index contributed by atoms with van der Waals surface area (Å²) < 4.78 is 24.9. The number of benzene rings is 3. The normalized spacial score (nSPS) is 13.8. The van der Waals surface area contributed by atoms with E-state index in [2.05, 4.69) is 10.6 Å². The van der Waals surface area contributed by atoms with E-state index in [-0.39, 0.29) is 23.7 Å². The van der Waals surface area contributed by atoms with Crippen molar-refractivity contribution in [3.8, 4) is 11.5 Å². The quantitative estimate of drug-likeness (QED) is 0.189. The molecule has 4 amide bonds. The van der Waals surface area contributed by atoms with E-state index in [9.17, 15) is 28.9 Å². The number of rotatable bonds is 9. The van der Waals surface area contributed by atoms with Crippen LogP contribution in [0.2, 0.25) is 0 Å². The third-order valence-electron chi connectivity index (χ3n) is 5.43. The second-order valence-electron chi connectivity index (χ2n) is 8.03. The van der Waals surface area contributed by atoms with Crippen LogP contribution >= 0.6 is 0 Å². The smallest absolute Gasteiger partial charge is 0.329 e. The largest absolute Gasteiger partial charge is 0.493 e. The highest BCUT2D eigenvalue weighted by Gasteiger charge is 2.35. The maximum atomic E-state index is 13.8. The number of nitrogens with zero attached hydrogens (tertiary/aromatic N) is 2. The van der Waals surface area contributed by atoms with Gasteiger partial charge in [-0.05, 0) is 41.5 Å². The molecule has 3 aromatic rings. The number of carbonyl (C=O) groups is 3. The fraction of sp³-hybridized carbons (Fsp3) is 0.115. The summed E-state index contributed by atoms with van der Waals surface area (Å²) in [7, 11) is 1.42. The highest BCUT2D eigenvalue weighted by atomic mass is 19.1. The second kappa shape index (κ2) is 11.2. The Morgan fingerprint density at radius 3 is 2.63 bits per heavy atom. The van der Waals surface area contributed by atoms with E-state index >= 15 is 0 Å². The number of urea groups is 1. The van der Waals surface area contributed by atoms with Gasteiger partial charge in [-0.1, -0.05) is 30.3 Å². The van der Waals surface area contributed by atoms with Crippen LogP contribution < -0.4 is 20.1 Å². The lowest BCUT2D eigenvalue weighted by molar-refractivity contribution is -0.384. The maximum absolute atomic E-state index is 13.8. The van der Waals surface area contributed by atoms with Gasteiger partial charge in [-0.25, -0.2) is 14.1 Å². The molecule has 12 heteroatoms. The van der Waals surface area contributed by atoms with Gasteiger partial charge < -0.3 is 20.1 Å². The van der Waals surface area contributed by atoms with E-state index in [4.69, 9.17) is 9.47 Å². The number of hydrogen-bond donors (Lipinski definition) is 2. The van der Waals surface area contributed by atoms with Crippen LogP contribution in [-0.2, 0) is 16.2 Å². The van der Waals surface area contributed by atoms with Gasteiger partial charge in [-0.15, -0.1) is 0 Å². The molecule has 0 bridgehead atoms. The zero-order chi connectivity index (χ0) is 27.2. The molecule has 1 aliphatic heterocycles. The van der Waals surface area contributed by atoms with Crippen LogP contribution in [0, 0.1) is 15.9 Å². The monoisotopic (exact) mass is 520 g/mol. The zero-order valence-electron chi connectivity index (χ0n) is 20.0. The Morgan fingerprint density at radius 2 is 1.89 bits per heavy atom. The Bertz CT molecular complexity index is 1460. The number of hydrogen-bond acceptors (Lipinski definition) is 7. The van der Waals surface area contributed by atoms with Gasteiger partial charge in [-0.2, -0.15) is 0 Å². The minimum Gasteiger partial charge on any atom is -0.493 e. The number of anilines is 1. The van der Waals surface area contributed by atoms with E-state index in [0.717, 1.165) is 0 Å². The molecule has 0 unspecified atom stereocenters. The second-order valence-corrected chi connectivity index (χ2v) is 8.03. The van der Waals surface area contributed by atoms with Gasteiger partial charge >= 0.3 is 6.03 Å². The molecule has 194 valence electrons. The van der Waals surface area contributed by atoms with Crippen LogP contribution in [0.5, 0.6) is 11.5 Å². The average molecular weight is 520 g/mol. The number of nitro groups is 1. The third-order valence-corrected chi connectivity index (χ3v) is 5.43. The van der Waals surface area contributed by atoms with Crippen molar-refractivity contribution in [3.63, 3.8) is 0 Å². The van der Waals surface area contributed by atoms with Crippen LogP contribution in [0.3, 0.4) is 0 Å². The Morgan fingerprint density at radius 1 is 1.11 bits per heavy atom. The first-order valence-electron chi connectivity index (χ1n) is 11.2. The minimum atomic E-state index is -0.797. The Kier molecular flexibility index (Phi) is 7.61. The van der Waals surface area contributed by atoms with Gasteiger partial charge in [0.1, 0.15) is 24.7 Å². The van der Waals surface area contributed by atoms with Crippen molar-refractivity contribution in [2.45, 2.75) is 6.61 Å². The van der Waals surface area contributed by atoms with Crippen LogP contribution in [0.4, 0.5) is 20.6 Å². The first kappa shape index (κ1) is 25.8. The lowest BCUT2D eigenvalue weighted by atomic mass is 10.1. The number of amides is 4. The number of para-hydroxylation sites is 1. The van der Waals surface area contributed by atoms with Crippen molar-refractivity contribution < 1.29 is 33.2 Å². The first-order chi connectivity index (χ1) is 18.2. The molecule has 0 spiro atoms. The standard InChI is InChI=1S/C26H21FN4O7/c1-37-23-13-16(9-10-22(23)38-15-17-5-4-6-18(11-17)31(35)36)12-21-25(33)30(26(34)29-21)14-24(32)28-20-8-3-2-7-19(20)27/h2-13H,14-15H2,1H3,(H,28,32)(H,29,34)/b21-12+. The Labute approximate surface area is 215 Å². The summed E-state index contributed by atoms with van der Waals surface area (Å²) in [5, 5.41) is 15.7. The Hall–Kier alpha value is -5.26. The van der Waals surface area contributed by atoms with Gasteiger partial charge in [0.25, 0.3) is 11.6 Å². The van der Waals surface area contributed by atoms with Gasteiger partial charge in [0.2, 0.25) is 5.91 Å². The highest BCUT2D eigenvalue weighted by molar-refractivity contribution is 6.16. The molecule has 2 N–H and O–H groups in total. The summed E-state index contributed by atoms with van der Waals surface area (Å²) in [5.41, 5.74) is 0.889. The summed E-state index contributed by atoms with van der Waals surface area (Å²) in [5.74, 6) is -1.45. The summed E-state index contributed by atoms with van der Waals surface area (Å²) in [6, 6.07) is 15.5. The number of non-ortho nitro benzene ring substituents is 1. The highest BCUT2D eigenvalue weighted by Crippen LogP contribution is 2.30.